The SMILES string of the molecule is CC.CC(=N)c1ccccc1.CCC(C)C(=N)c1cncc(-c2cccs2)c1. The number of pyridine rings is 1. The molecule has 2 aromatic heterocycles. The molecule has 1 unspecified atom stereocenters. The van der Waals surface area contributed by atoms with Gasteiger partial charge in [-0.25, -0.2) is 0 Å². The van der Waals surface area contributed by atoms with Crippen LogP contribution in [0, 0.1) is 16.7 Å². The van der Waals surface area contributed by atoms with Gasteiger partial charge in [-0.2, -0.15) is 0 Å². The molecule has 0 amide bonds. The quantitative estimate of drug-likeness (QED) is 0.438. The van der Waals surface area contributed by atoms with Crippen molar-refractivity contribution in [2.45, 2.75) is 41.0 Å². The zero-order chi connectivity index (χ0) is 20.9. The van der Waals surface area contributed by atoms with E-state index in [1.807, 2.05) is 56.4 Å². The third kappa shape index (κ3) is 7.20. The summed E-state index contributed by atoms with van der Waals surface area (Å²) in [5.41, 5.74) is 4.34. The molecule has 2 heterocycles. The monoisotopic (exact) mass is 393 g/mol. The Bertz CT molecular complexity index is 839. The van der Waals surface area contributed by atoms with E-state index in [9.17, 15) is 0 Å². The summed E-state index contributed by atoms with van der Waals surface area (Å²) in [5.74, 6) is 0.287. The summed E-state index contributed by atoms with van der Waals surface area (Å²) in [4.78, 5) is 5.45. The molecule has 0 saturated heterocycles. The first-order valence-electron chi connectivity index (χ1n) is 9.71. The number of thiophene rings is 1. The molecule has 0 aliphatic heterocycles. The normalized spacial score (nSPS) is 10.6. The van der Waals surface area contributed by atoms with Gasteiger partial charge in [0.2, 0.25) is 0 Å². The zero-order valence-electron chi connectivity index (χ0n) is 17.5. The van der Waals surface area contributed by atoms with E-state index in [1.54, 1.807) is 24.5 Å². The van der Waals surface area contributed by atoms with Crippen molar-refractivity contribution < 1.29 is 0 Å². The van der Waals surface area contributed by atoms with Crippen molar-refractivity contribution in [2.75, 3.05) is 0 Å². The molecule has 28 heavy (non-hydrogen) atoms. The molecule has 0 saturated carbocycles. The van der Waals surface area contributed by atoms with E-state index >= 15 is 0 Å². The van der Waals surface area contributed by atoms with Gasteiger partial charge < -0.3 is 10.8 Å². The number of hydrogen-bond donors (Lipinski definition) is 2. The van der Waals surface area contributed by atoms with Crippen molar-refractivity contribution in [3.05, 3.63) is 77.4 Å². The molecule has 3 rings (SSSR count). The maximum atomic E-state index is 8.12. The molecular formula is C24H31N3S. The van der Waals surface area contributed by atoms with Gasteiger partial charge >= 0.3 is 0 Å². The summed E-state index contributed by atoms with van der Waals surface area (Å²) in [6, 6.07) is 15.9. The second kappa shape index (κ2) is 12.7. The second-order valence-corrected chi connectivity index (χ2v) is 7.10. The van der Waals surface area contributed by atoms with E-state index in [2.05, 4.69) is 36.3 Å². The summed E-state index contributed by atoms with van der Waals surface area (Å²) < 4.78 is 0. The van der Waals surface area contributed by atoms with Crippen LogP contribution in [0.15, 0.2) is 66.3 Å². The van der Waals surface area contributed by atoms with Crippen LogP contribution in [0.1, 0.15) is 52.2 Å². The van der Waals surface area contributed by atoms with Gasteiger partial charge in [0, 0.05) is 39.8 Å². The van der Waals surface area contributed by atoms with E-state index < -0.39 is 0 Å². The van der Waals surface area contributed by atoms with Crippen molar-refractivity contribution in [3.63, 3.8) is 0 Å². The van der Waals surface area contributed by atoms with Crippen LogP contribution in [0.5, 0.6) is 0 Å². The van der Waals surface area contributed by atoms with Gasteiger partial charge in [-0.15, -0.1) is 11.3 Å². The smallest absolute Gasteiger partial charge is 0.0429 e. The van der Waals surface area contributed by atoms with Crippen molar-refractivity contribution >= 4 is 22.8 Å². The molecular weight excluding hydrogens is 362 g/mol. The van der Waals surface area contributed by atoms with Gasteiger partial charge in [0.25, 0.3) is 0 Å². The van der Waals surface area contributed by atoms with Gasteiger partial charge in [0.15, 0.2) is 0 Å². The largest absolute Gasteiger partial charge is 0.305 e. The Labute approximate surface area is 173 Å². The van der Waals surface area contributed by atoms with E-state index in [0.29, 0.717) is 11.4 Å². The first-order valence-corrected chi connectivity index (χ1v) is 10.6. The van der Waals surface area contributed by atoms with Crippen LogP contribution in [0.2, 0.25) is 0 Å². The summed E-state index contributed by atoms with van der Waals surface area (Å²) in [6.45, 7) is 9.98. The third-order valence-electron chi connectivity index (χ3n) is 4.17. The topological polar surface area (TPSA) is 60.6 Å². The lowest BCUT2D eigenvalue weighted by atomic mass is 9.96. The predicted octanol–water partition coefficient (Wildman–Crippen LogP) is 7.32. The summed E-state index contributed by atoms with van der Waals surface area (Å²) in [5, 5.41) is 17.4. The minimum atomic E-state index is 0.287. The van der Waals surface area contributed by atoms with E-state index in [1.165, 1.54) is 4.88 Å². The summed E-state index contributed by atoms with van der Waals surface area (Å²) in [6.07, 6.45) is 4.63. The van der Waals surface area contributed by atoms with Crippen LogP contribution in [0.25, 0.3) is 10.4 Å². The molecule has 0 spiro atoms. The Hall–Kier alpha value is -2.59. The van der Waals surface area contributed by atoms with E-state index in [-0.39, 0.29) is 5.92 Å². The maximum absolute atomic E-state index is 8.12. The van der Waals surface area contributed by atoms with Crippen molar-refractivity contribution in [3.8, 4) is 10.4 Å². The predicted molar refractivity (Wildman–Crippen MR) is 124 cm³/mol. The Morgan fingerprint density at radius 1 is 1.00 bits per heavy atom. The molecule has 2 N–H and O–H groups in total. The summed E-state index contributed by atoms with van der Waals surface area (Å²) in [7, 11) is 0. The fraction of sp³-hybridized carbons (Fsp3) is 0.292. The Balaban J connectivity index is 0.000000301. The van der Waals surface area contributed by atoms with Crippen LogP contribution in [0.3, 0.4) is 0 Å². The van der Waals surface area contributed by atoms with Crippen LogP contribution in [-0.2, 0) is 0 Å². The number of benzene rings is 1. The van der Waals surface area contributed by atoms with Crippen LogP contribution in [-0.4, -0.2) is 16.4 Å². The number of aromatic nitrogens is 1. The van der Waals surface area contributed by atoms with Crippen LogP contribution in [0.4, 0.5) is 0 Å². The minimum Gasteiger partial charge on any atom is -0.305 e. The van der Waals surface area contributed by atoms with Crippen LogP contribution >= 0.6 is 11.3 Å². The van der Waals surface area contributed by atoms with Gasteiger partial charge in [-0.05, 0) is 42.3 Å². The lowest BCUT2D eigenvalue weighted by Gasteiger charge is -2.11. The van der Waals surface area contributed by atoms with E-state index in [0.717, 1.165) is 23.1 Å². The Morgan fingerprint density at radius 2 is 1.68 bits per heavy atom. The molecule has 0 aliphatic carbocycles. The molecule has 3 nitrogen and oxygen atoms in total. The zero-order valence-corrected chi connectivity index (χ0v) is 18.3. The molecule has 0 bridgehead atoms. The average molecular weight is 394 g/mol. The van der Waals surface area contributed by atoms with Gasteiger partial charge in [-0.3, -0.25) is 4.98 Å². The first kappa shape index (κ1) is 23.4. The number of nitrogens with zero attached hydrogens (tertiary/aromatic N) is 1. The number of hydrogen-bond acceptors (Lipinski definition) is 4. The molecule has 0 radical (unpaired) electrons. The Morgan fingerprint density at radius 3 is 2.18 bits per heavy atom. The van der Waals surface area contributed by atoms with Crippen LogP contribution < -0.4 is 0 Å². The standard InChI is InChI=1S/C14H16N2S.C8H9N.C2H6/c1-3-10(2)14(15)12-7-11(8-16-9-12)13-5-4-6-17-13;1-7(9)8-5-3-2-4-6-8;1-2/h4-10,15H,3H2,1-2H3;2-6,9H,1H3;1-2H3. The average Bonchev–Trinajstić information content (AvgIpc) is 3.30. The second-order valence-electron chi connectivity index (χ2n) is 6.15. The molecule has 4 heteroatoms. The molecule has 0 aliphatic rings. The fourth-order valence-corrected chi connectivity index (χ4v) is 3.05. The number of nitrogens with one attached hydrogen (secondary N) is 2. The number of rotatable bonds is 5. The lowest BCUT2D eigenvalue weighted by Crippen LogP contribution is -2.10. The summed E-state index contributed by atoms with van der Waals surface area (Å²) >= 11 is 1.70. The third-order valence-corrected chi connectivity index (χ3v) is 5.09. The lowest BCUT2D eigenvalue weighted by molar-refractivity contribution is 0.736. The highest BCUT2D eigenvalue weighted by Gasteiger charge is 2.10. The highest BCUT2D eigenvalue weighted by atomic mass is 32.1. The van der Waals surface area contributed by atoms with Gasteiger partial charge in [0.05, 0.1) is 0 Å². The highest BCUT2D eigenvalue weighted by molar-refractivity contribution is 7.13. The first-order chi connectivity index (χ1) is 13.5. The van der Waals surface area contributed by atoms with Gasteiger partial charge in [0.1, 0.15) is 0 Å². The minimum absolute atomic E-state index is 0.287. The van der Waals surface area contributed by atoms with Crippen molar-refractivity contribution in [1.29, 1.82) is 10.8 Å². The van der Waals surface area contributed by atoms with Gasteiger partial charge in [-0.1, -0.05) is 64.1 Å². The molecule has 0 fully saturated rings. The molecule has 1 aromatic carbocycles. The highest BCUT2D eigenvalue weighted by Crippen LogP contribution is 2.25. The Kier molecular flexibility index (Phi) is 10.7. The van der Waals surface area contributed by atoms with Crippen molar-refractivity contribution in [1.82, 2.24) is 4.98 Å². The maximum Gasteiger partial charge on any atom is 0.0429 e. The van der Waals surface area contributed by atoms with E-state index in [4.69, 9.17) is 10.8 Å². The van der Waals surface area contributed by atoms with Crippen molar-refractivity contribution in [2.24, 2.45) is 5.92 Å². The molecule has 3 aromatic rings. The fourth-order valence-electron chi connectivity index (χ4n) is 2.34. The molecule has 1 atom stereocenters. The molecule has 148 valence electrons.